The van der Waals surface area contributed by atoms with Crippen molar-refractivity contribution >= 4 is 5.78 Å². The molecule has 1 saturated heterocycles. The number of rotatable bonds is 0. The molecule has 3 aliphatic rings. The van der Waals surface area contributed by atoms with Gasteiger partial charge in [0.1, 0.15) is 0 Å². The molecule has 0 aromatic carbocycles. The molecule has 0 aromatic rings. The molecule has 0 spiro atoms. The van der Waals surface area contributed by atoms with Gasteiger partial charge >= 0.3 is 0 Å². The quantitative estimate of drug-likeness (QED) is 0.372. The van der Waals surface area contributed by atoms with Gasteiger partial charge in [0, 0.05) is 12.3 Å². The molecule has 1 saturated carbocycles. The van der Waals surface area contributed by atoms with Gasteiger partial charge in [-0.1, -0.05) is 18.2 Å². The Morgan fingerprint density at radius 3 is 3.06 bits per heavy atom. The number of fused-ring (bicyclic) bond motifs is 3. The zero-order valence-electron chi connectivity index (χ0n) is 11.4. The minimum atomic E-state index is 0.0158. The Kier molecular flexibility index (Phi) is 2.74. The molecule has 3 rings (SSSR count). The molecule has 1 heterocycles. The maximum Gasteiger partial charge on any atom is 0.158 e. The molecule has 0 unspecified atom stereocenters. The van der Waals surface area contributed by atoms with E-state index in [2.05, 4.69) is 26.5 Å². The van der Waals surface area contributed by atoms with Crippen molar-refractivity contribution in [2.75, 3.05) is 0 Å². The highest BCUT2D eigenvalue weighted by Crippen LogP contribution is 2.53. The van der Waals surface area contributed by atoms with Gasteiger partial charge < -0.3 is 4.74 Å². The van der Waals surface area contributed by atoms with E-state index in [1.807, 2.05) is 0 Å². The summed E-state index contributed by atoms with van der Waals surface area (Å²) in [6, 6.07) is 0. The van der Waals surface area contributed by atoms with Crippen LogP contribution in [0.3, 0.4) is 0 Å². The first kappa shape index (κ1) is 12.2. The second kappa shape index (κ2) is 4.06. The van der Waals surface area contributed by atoms with Crippen LogP contribution in [0.5, 0.6) is 0 Å². The zero-order chi connectivity index (χ0) is 12.9. The number of hydrogen-bond donors (Lipinski definition) is 0. The minimum absolute atomic E-state index is 0.0158. The van der Waals surface area contributed by atoms with Crippen molar-refractivity contribution in [1.29, 1.82) is 0 Å². The van der Waals surface area contributed by atoms with Crippen molar-refractivity contribution in [2.24, 2.45) is 11.8 Å². The van der Waals surface area contributed by atoms with Crippen LogP contribution < -0.4 is 0 Å². The van der Waals surface area contributed by atoms with E-state index >= 15 is 0 Å². The predicted octanol–water partition coefficient (Wildman–Crippen LogP) is 3.43. The lowest BCUT2D eigenvalue weighted by Crippen LogP contribution is -2.22. The van der Waals surface area contributed by atoms with Gasteiger partial charge in [0.15, 0.2) is 5.78 Å². The number of carbonyl (C=O) groups is 1. The summed E-state index contributed by atoms with van der Waals surface area (Å²) in [4.78, 5) is 11.9. The Balaban J connectivity index is 1.87. The molecule has 2 heteroatoms. The van der Waals surface area contributed by atoms with E-state index in [0.29, 0.717) is 18.3 Å². The molecule has 4 atom stereocenters. The van der Waals surface area contributed by atoms with Crippen LogP contribution in [-0.2, 0) is 9.53 Å². The summed E-state index contributed by atoms with van der Waals surface area (Å²) in [6.45, 7) is 8.42. The number of allylic oxidation sites excluding steroid dienone is 3. The van der Waals surface area contributed by atoms with Crippen LogP contribution in [0, 0.1) is 11.8 Å². The first-order valence-corrected chi connectivity index (χ1v) is 7.07. The Morgan fingerprint density at radius 2 is 2.28 bits per heavy atom. The summed E-state index contributed by atoms with van der Waals surface area (Å²) >= 11 is 0. The normalized spacial score (nSPS) is 47.0. The molecule has 98 valence electrons. The Labute approximate surface area is 109 Å². The molecular formula is C16H22O2. The molecule has 2 aliphatic carbocycles. The van der Waals surface area contributed by atoms with Crippen molar-refractivity contribution in [3.05, 3.63) is 23.8 Å². The number of hydrogen-bond acceptors (Lipinski definition) is 2. The molecule has 2 fully saturated rings. The fourth-order valence-electron chi connectivity index (χ4n) is 3.75. The summed E-state index contributed by atoms with van der Waals surface area (Å²) in [7, 11) is 0. The van der Waals surface area contributed by atoms with Gasteiger partial charge in [-0.15, -0.1) is 0 Å². The van der Waals surface area contributed by atoms with E-state index in [-0.39, 0.29) is 17.5 Å². The minimum Gasteiger partial charge on any atom is -0.366 e. The number of carbonyl (C=O) groups excluding carboxylic acids is 1. The number of ketones is 1. The fourth-order valence-corrected chi connectivity index (χ4v) is 3.75. The molecule has 0 amide bonds. The lowest BCUT2D eigenvalue weighted by Gasteiger charge is -2.20. The highest BCUT2D eigenvalue weighted by Gasteiger charge is 2.59. The molecule has 18 heavy (non-hydrogen) atoms. The van der Waals surface area contributed by atoms with Crippen LogP contribution in [0.25, 0.3) is 0 Å². The van der Waals surface area contributed by atoms with Crippen molar-refractivity contribution in [3.63, 3.8) is 0 Å². The van der Waals surface area contributed by atoms with Gasteiger partial charge in [-0.3, -0.25) is 4.79 Å². The van der Waals surface area contributed by atoms with Crippen LogP contribution >= 0.6 is 0 Å². The summed E-state index contributed by atoms with van der Waals surface area (Å²) < 4.78 is 5.96. The summed E-state index contributed by atoms with van der Waals surface area (Å²) in [6.07, 6.45) is 7.63. The van der Waals surface area contributed by atoms with Gasteiger partial charge in [0.2, 0.25) is 0 Å². The molecule has 0 N–H and O–H groups in total. The van der Waals surface area contributed by atoms with Gasteiger partial charge in [-0.25, -0.2) is 0 Å². The monoisotopic (exact) mass is 246 g/mol. The average molecular weight is 246 g/mol. The van der Waals surface area contributed by atoms with E-state index in [9.17, 15) is 4.79 Å². The third-order valence-corrected chi connectivity index (χ3v) is 5.06. The third kappa shape index (κ3) is 1.87. The smallest absolute Gasteiger partial charge is 0.158 e. The standard InChI is InChI=1S/C16H22O2/c1-10-5-4-8-16(3)15(18-16)13-9-14(17)11(2)12(13)7-6-10/h5,12-13,15H,2,4,6-9H2,1,3H3/b10-5+/t12-,13-,15+,16-/m1/s1. The Morgan fingerprint density at radius 1 is 1.50 bits per heavy atom. The third-order valence-electron chi connectivity index (χ3n) is 5.06. The fraction of sp³-hybridized carbons (Fsp3) is 0.688. The number of Topliss-reactive ketones (excluding diaryl/α,β-unsaturated/α-hetero) is 1. The van der Waals surface area contributed by atoms with Crippen molar-refractivity contribution in [3.8, 4) is 0 Å². The second-order valence-corrected chi connectivity index (χ2v) is 6.40. The van der Waals surface area contributed by atoms with Crippen LogP contribution in [0.4, 0.5) is 0 Å². The van der Waals surface area contributed by atoms with E-state index < -0.39 is 0 Å². The Bertz CT molecular complexity index is 434. The molecule has 0 bridgehead atoms. The molecule has 0 radical (unpaired) electrons. The highest BCUT2D eigenvalue weighted by atomic mass is 16.6. The van der Waals surface area contributed by atoms with Gasteiger partial charge in [-0.05, 0) is 51.0 Å². The predicted molar refractivity (Wildman–Crippen MR) is 71.2 cm³/mol. The average Bonchev–Trinajstić information content (AvgIpc) is 2.90. The van der Waals surface area contributed by atoms with Gasteiger partial charge in [-0.2, -0.15) is 0 Å². The maximum absolute atomic E-state index is 11.9. The molecule has 2 nitrogen and oxygen atoms in total. The molecule has 0 aromatic heterocycles. The highest BCUT2D eigenvalue weighted by molar-refractivity contribution is 5.98. The zero-order valence-corrected chi connectivity index (χ0v) is 11.4. The number of ether oxygens (including phenoxy) is 1. The van der Waals surface area contributed by atoms with E-state index in [4.69, 9.17) is 4.74 Å². The van der Waals surface area contributed by atoms with Crippen LogP contribution in [0.15, 0.2) is 23.8 Å². The van der Waals surface area contributed by atoms with Crippen LogP contribution in [-0.4, -0.2) is 17.5 Å². The van der Waals surface area contributed by atoms with E-state index in [1.165, 1.54) is 5.57 Å². The topological polar surface area (TPSA) is 29.6 Å². The van der Waals surface area contributed by atoms with E-state index in [0.717, 1.165) is 31.3 Å². The summed E-state index contributed by atoms with van der Waals surface area (Å²) in [5, 5.41) is 0. The van der Waals surface area contributed by atoms with Crippen molar-refractivity contribution < 1.29 is 9.53 Å². The summed E-state index contributed by atoms with van der Waals surface area (Å²) in [5.41, 5.74) is 2.32. The van der Waals surface area contributed by atoms with Gasteiger partial charge in [0.25, 0.3) is 0 Å². The van der Waals surface area contributed by atoms with Crippen LogP contribution in [0.1, 0.15) is 46.0 Å². The lowest BCUT2D eigenvalue weighted by atomic mass is 9.81. The van der Waals surface area contributed by atoms with Crippen LogP contribution in [0.2, 0.25) is 0 Å². The maximum atomic E-state index is 11.9. The van der Waals surface area contributed by atoms with E-state index in [1.54, 1.807) is 0 Å². The molecular weight excluding hydrogens is 224 g/mol. The largest absolute Gasteiger partial charge is 0.366 e. The number of epoxide rings is 1. The second-order valence-electron chi connectivity index (χ2n) is 6.40. The van der Waals surface area contributed by atoms with Gasteiger partial charge in [0.05, 0.1) is 11.7 Å². The molecule has 1 aliphatic heterocycles. The lowest BCUT2D eigenvalue weighted by molar-refractivity contribution is -0.114. The van der Waals surface area contributed by atoms with Crippen molar-refractivity contribution in [1.82, 2.24) is 0 Å². The Hall–Kier alpha value is -0.890. The first-order chi connectivity index (χ1) is 8.51. The SMILES string of the molecule is C=C1C(=O)C[C@@H]2[C@@H]1CC/C(C)=C/CC[C@@]1(C)O[C@@H]21. The summed E-state index contributed by atoms with van der Waals surface area (Å²) in [5.74, 6) is 1.01. The first-order valence-electron chi connectivity index (χ1n) is 7.07. The van der Waals surface area contributed by atoms with Crippen molar-refractivity contribution in [2.45, 2.75) is 57.7 Å².